The van der Waals surface area contributed by atoms with E-state index in [1.165, 1.54) is 11.3 Å². The van der Waals surface area contributed by atoms with Crippen LogP contribution in [-0.2, 0) is 13.0 Å². The monoisotopic (exact) mass is 417 g/mol. The average molecular weight is 418 g/mol. The maximum absolute atomic E-state index is 12.5. The molecule has 1 fully saturated rings. The molecule has 3 heterocycles. The fourth-order valence-electron chi connectivity index (χ4n) is 4.28. The lowest BCUT2D eigenvalue weighted by Crippen LogP contribution is -2.45. The first-order chi connectivity index (χ1) is 15.2. The second-order valence-electron chi connectivity index (χ2n) is 8.30. The van der Waals surface area contributed by atoms with Gasteiger partial charge in [-0.05, 0) is 56.2 Å². The number of piperidine rings is 1. The van der Waals surface area contributed by atoms with Gasteiger partial charge in [0.15, 0.2) is 0 Å². The van der Waals surface area contributed by atoms with Gasteiger partial charge in [-0.15, -0.1) is 0 Å². The summed E-state index contributed by atoms with van der Waals surface area (Å²) in [5, 5.41) is 3.07. The number of carbonyl (C=O) groups is 1. The highest BCUT2D eigenvalue weighted by atomic mass is 16.2. The topological polar surface area (TPSA) is 63.1 Å². The molecule has 0 spiro atoms. The number of hydrogen-bond donors (Lipinski definition) is 1. The van der Waals surface area contributed by atoms with Gasteiger partial charge in [0.05, 0.1) is 0 Å². The van der Waals surface area contributed by atoms with Crippen molar-refractivity contribution in [3.05, 3.63) is 72.3 Å². The Bertz CT molecular complexity index is 962. The molecule has 1 aliphatic rings. The SMILES string of the molecule is Cc1cnc(-c2cccnc2)n1CCC1CCN(C(=O)NCCc2ccccc2)CC1. The zero-order valence-corrected chi connectivity index (χ0v) is 18.2. The van der Waals surface area contributed by atoms with Gasteiger partial charge in [-0.3, -0.25) is 4.98 Å². The average Bonchev–Trinajstić information content (AvgIpc) is 3.19. The van der Waals surface area contributed by atoms with Crippen molar-refractivity contribution in [3.8, 4) is 11.4 Å². The largest absolute Gasteiger partial charge is 0.338 e. The Morgan fingerprint density at radius 3 is 2.65 bits per heavy atom. The van der Waals surface area contributed by atoms with E-state index in [0.717, 1.165) is 56.7 Å². The molecule has 1 aromatic carbocycles. The summed E-state index contributed by atoms with van der Waals surface area (Å²) in [6, 6.07) is 14.3. The first-order valence-corrected chi connectivity index (χ1v) is 11.2. The van der Waals surface area contributed by atoms with Crippen LogP contribution in [0, 0.1) is 12.8 Å². The van der Waals surface area contributed by atoms with Gasteiger partial charge in [0.1, 0.15) is 5.82 Å². The summed E-state index contributed by atoms with van der Waals surface area (Å²) in [5.74, 6) is 1.62. The van der Waals surface area contributed by atoms with Gasteiger partial charge >= 0.3 is 6.03 Å². The van der Waals surface area contributed by atoms with Crippen molar-refractivity contribution in [2.45, 2.75) is 39.2 Å². The number of aryl methyl sites for hydroxylation is 1. The second kappa shape index (κ2) is 10.2. The standard InChI is InChI=1S/C25H31N5O/c1-20-18-28-24(23-8-5-13-26-19-23)30(20)17-12-22-10-15-29(16-11-22)25(31)27-14-9-21-6-3-2-4-7-21/h2-8,13,18-19,22H,9-12,14-17H2,1H3,(H,27,31). The van der Waals surface area contributed by atoms with Crippen molar-refractivity contribution in [1.82, 2.24) is 24.8 Å². The van der Waals surface area contributed by atoms with E-state index in [9.17, 15) is 4.79 Å². The molecule has 4 rings (SSSR count). The highest BCUT2D eigenvalue weighted by Gasteiger charge is 2.23. The van der Waals surface area contributed by atoms with E-state index in [1.54, 1.807) is 6.20 Å². The van der Waals surface area contributed by atoms with Crippen molar-refractivity contribution in [3.63, 3.8) is 0 Å². The molecule has 1 saturated heterocycles. The van der Waals surface area contributed by atoms with E-state index in [2.05, 4.69) is 45.0 Å². The third-order valence-corrected chi connectivity index (χ3v) is 6.17. The molecule has 3 aromatic rings. The number of benzene rings is 1. The zero-order chi connectivity index (χ0) is 21.5. The first kappa shape index (κ1) is 21.1. The van der Waals surface area contributed by atoms with E-state index in [0.29, 0.717) is 12.5 Å². The summed E-state index contributed by atoms with van der Waals surface area (Å²) in [5.41, 5.74) is 3.48. The summed E-state index contributed by atoms with van der Waals surface area (Å²) in [6.07, 6.45) is 9.68. The van der Waals surface area contributed by atoms with Crippen LogP contribution in [0.4, 0.5) is 4.79 Å². The molecule has 6 nitrogen and oxygen atoms in total. The lowest BCUT2D eigenvalue weighted by atomic mass is 9.93. The highest BCUT2D eigenvalue weighted by molar-refractivity contribution is 5.74. The number of carbonyl (C=O) groups excluding carboxylic acids is 1. The molecule has 162 valence electrons. The fourth-order valence-corrected chi connectivity index (χ4v) is 4.28. The predicted molar refractivity (Wildman–Crippen MR) is 123 cm³/mol. The lowest BCUT2D eigenvalue weighted by molar-refractivity contribution is 0.167. The predicted octanol–water partition coefficient (Wildman–Crippen LogP) is 4.31. The van der Waals surface area contributed by atoms with Crippen LogP contribution in [0.15, 0.2) is 61.1 Å². The smallest absolute Gasteiger partial charge is 0.317 e. The number of urea groups is 1. The molecule has 1 aliphatic heterocycles. The number of imidazole rings is 1. The Hall–Kier alpha value is -3.15. The van der Waals surface area contributed by atoms with Gasteiger partial charge in [0, 0.05) is 56.0 Å². The Kier molecular flexibility index (Phi) is 6.97. The van der Waals surface area contributed by atoms with Crippen molar-refractivity contribution < 1.29 is 4.79 Å². The normalized spacial score (nSPS) is 14.5. The van der Waals surface area contributed by atoms with Crippen LogP contribution in [0.25, 0.3) is 11.4 Å². The molecule has 31 heavy (non-hydrogen) atoms. The number of amides is 2. The first-order valence-electron chi connectivity index (χ1n) is 11.2. The van der Waals surface area contributed by atoms with Gasteiger partial charge in [-0.2, -0.15) is 0 Å². The maximum atomic E-state index is 12.5. The number of nitrogens with one attached hydrogen (secondary N) is 1. The third kappa shape index (κ3) is 5.51. The van der Waals surface area contributed by atoms with Crippen molar-refractivity contribution >= 4 is 6.03 Å². The number of hydrogen-bond acceptors (Lipinski definition) is 3. The molecule has 1 N–H and O–H groups in total. The quantitative estimate of drug-likeness (QED) is 0.623. The maximum Gasteiger partial charge on any atom is 0.317 e. The van der Waals surface area contributed by atoms with Crippen molar-refractivity contribution in [2.75, 3.05) is 19.6 Å². The van der Waals surface area contributed by atoms with Gasteiger partial charge in [0.2, 0.25) is 0 Å². The minimum absolute atomic E-state index is 0.0682. The molecule has 0 radical (unpaired) electrons. The Morgan fingerprint density at radius 1 is 1.10 bits per heavy atom. The molecule has 2 aromatic heterocycles. The van der Waals surface area contributed by atoms with Gasteiger partial charge in [-0.1, -0.05) is 30.3 Å². The number of rotatable bonds is 7. The zero-order valence-electron chi connectivity index (χ0n) is 18.2. The molecule has 0 bridgehead atoms. The van der Waals surface area contributed by atoms with Crippen molar-refractivity contribution in [1.29, 1.82) is 0 Å². The van der Waals surface area contributed by atoms with Crippen LogP contribution in [0.5, 0.6) is 0 Å². The van der Waals surface area contributed by atoms with Crippen LogP contribution in [-0.4, -0.2) is 45.1 Å². The minimum Gasteiger partial charge on any atom is -0.338 e. The van der Waals surface area contributed by atoms with Gasteiger partial charge in [0.25, 0.3) is 0 Å². The number of likely N-dealkylation sites (tertiary alicyclic amines) is 1. The molecule has 0 unspecified atom stereocenters. The molecule has 6 heteroatoms. The summed E-state index contributed by atoms with van der Waals surface area (Å²) < 4.78 is 2.29. The molecule has 0 atom stereocenters. The summed E-state index contributed by atoms with van der Waals surface area (Å²) in [6.45, 7) is 5.40. The van der Waals surface area contributed by atoms with Gasteiger partial charge in [-0.25, -0.2) is 9.78 Å². The highest BCUT2D eigenvalue weighted by Crippen LogP contribution is 2.24. The van der Waals surface area contributed by atoms with E-state index in [1.807, 2.05) is 41.6 Å². The molecule has 2 amide bonds. The van der Waals surface area contributed by atoms with E-state index < -0.39 is 0 Å². The number of aromatic nitrogens is 3. The third-order valence-electron chi connectivity index (χ3n) is 6.17. The lowest BCUT2D eigenvalue weighted by Gasteiger charge is -2.32. The Balaban J connectivity index is 1.22. The molecule has 0 saturated carbocycles. The van der Waals surface area contributed by atoms with Crippen LogP contribution in [0.3, 0.4) is 0 Å². The van der Waals surface area contributed by atoms with Crippen LogP contribution >= 0.6 is 0 Å². The molecular formula is C25H31N5O. The van der Waals surface area contributed by atoms with Crippen molar-refractivity contribution in [2.24, 2.45) is 5.92 Å². The number of pyridine rings is 1. The van der Waals surface area contributed by atoms with Crippen LogP contribution < -0.4 is 5.32 Å². The number of nitrogens with zero attached hydrogens (tertiary/aromatic N) is 4. The Labute approximate surface area is 184 Å². The Morgan fingerprint density at radius 2 is 1.90 bits per heavy atom. The van der Waals surface area contributed by atoms with Gasteiger partial charge < -0.3 is 14.8 Å². The summed E-state index contributed by atoms with van der Waals surface area (Å²) >= 11 is 0. The molecule has 0 aliphatic carbocycles. The minimum atomic E-state index is 0.0682. The summed E-state index contributed by atoms with van der Waals surface area (Å²) in [7, 11) is 0. The van der Waals surface area contributed by atoms with E-state index >= 15 is 0 Å². The summed E-state index contributed by atoms with van der Waals surface area (Å²) in [4.78, 5) is 23.3. The molecular weight excluding hydrogens is 386 g/mol. The van der Waals surface area contributed by atoms with E-state index in [-0.39, 0.29) is 6.03 Å². The van der Waals surface area contributed by atoms with E-state index in [4.69, 9.17) is 0 Å². The van der Waals surface area contributed by atoms with Crippen LogP contribution in [0.1, 0.15) is 30.5 Å². The fraction of sp³-hybridized carbons (Fsp3) is 0.400. The second-order valence-corrected chi connectivity index (χ2v) is 8.30. The van der Waals surface area contributed by atoms with Crippen LogP contribution in [0.2, 0.25) is 0 Å².